The molecule has 5 heteroatoms. The minimum Gasteiger partial charge on any atom is -0.310 e. The third kappa shape index (κ3) is 1.30. The maximum Gasteiger partial charge on any atom is 0.275 e. The van der Waals surface area contributed by atoms with Crippen LogP contribution in [0.2, 0.25) is 0 Å². The van der Waals surface area contributed by atoms with Crippen LogP contribution in [0.3, 0.4) is 0 Å². The summed E-state index contributed by atoms with van der Waals surface area (Å²) in [6.45, 7) is 0. The Morgan fingerprint density at radius 1 is 1.19 bits per heavy atom. The molecule has 0 aliphatic rings. The summed E-state index contributed by atoms with van der Waals surface area (Å²) in [5, 5.41) is 4.03. The second-order valence-corrected chi connectivity index (χ2v) is 3.41. The van der Waals surface area contributed by atoms with E-state index in [0.29, 0.717) is 5.52 Å². The maximum atomic E-state index is 11.5. The van der Waals surface area contributed by atoms with Crippen LogP contribution in [-0.2, 0) is 0 Å². The van der Waals surface area contributed by atoms with E-state index in [1.807, 2.05) is 18.3 Å². The van der Waals surface area contributed by atoms with E-state index in [9.17, 15) is 4.79 Å². The van der Waals surface area contributed by atoms with Gasteiger partial charge in [0.05, 0.1) is 0 Å². The van der Waals surface area contributed by atoms with Gasteiger partial charge in [0.15, 0.2) is 0 Å². The summed E-state index contributed by atoms with van der Waals surface area (Å²) in [5.74, 6) is 0. The van der Waals surface area contributed by atoms with Gasteiger partial charge in [-0.2, -0.15) is 5.10 Å². The molecule has 0 aliphatic heterocycles. The fourth-order valence-electron chi connectivity index (χ4n) is 1.64. The van der Waals surface area contributed by atoms with Crippen molar-refractivity contribution in [3.8, 4) is 11.1 Å². The van der Waals surface area contributed by atoms with Crippen LogP contribution in [0.4, 0.5) is 0 Å². The number of hydrogen-bond donors (Lipinski definition) is 1. The molecule has 0 fully saturated rings. The third-order valence-corrected chi connectivity index (χ3v) is 2.42. The van der Waals surface area contributed by atoms with E-state index in [4.69, 9.17) is 0 Å². The van der Waals surface area contributed by atoms with Crippen molar-refractivity contribution in [2.24, 2.45) is 0 Å². The molecule has 0 radical (unpaired) electrons. The van der Waals surface area contributed by atoms with Crippen LogP contribution in [0.25, 0.3) is 16.6 Å². The summed E-state index contributed by atoms with van der Waals surface area (Å²) in [6.07, 6.45) is 6.64. The molecular formula is C11H8N4O. The minimum absolute atomic E-state index is 0.143. The molecule has 5 nitrogen and oxygen atoms in total. The van der Waals surface area contributed by atoms with Crippen molar-refractivity contribution in [2.75, 3.05) is 0 Å². The van der Waals surface area contributed by atoms with E-state index in [2.05, 4.69) is 15.1 Å². The first kappa shape index (κ1) is 8.84. The molecule has 3 aromatic heterocycles. The number of aromatic nitrogens is 4. The highest BCUT2D eigenvalue weighted by Crippen LogP contribution is 2.19. The number of nitrogens with zero attached hydrogens (tertiary/aromatic N) is 3. The molecule has 0 saturated heterocycles. The molecule has 0 amide bonds. The van der Waals surface area contributed by atoms with Gasteiger partial charge in [-0.1, -0.05) is 0 Å². The Balaban J connectivity index is 2.28. The van der Waals surface area contributed by atoms with Gasteiger partial charge in [-0.25, -0.2) is 4.52 Å². The first-order valence-corrected chi connectivity index (χ1v) is 4.81. The molecule has 3 heterocycles. The van der Waals surface area contributed by atoms with Gasteiger partial charge in [0, 0.05) is 24.2 Å². The number of nitrogens with one attached hydrogen (secondary N) is 1. The second-order valence-electron chi connectivity index (χ2n) is 3.41. The van der Waals surface area contributed by atoms with E-state index >= 15 is 0 Å². The zero-order valence-electron chi connectivity index (χ0n) is 8.29. The van der Waals surface area contributed by atoms with Crippen molar-refractivity contribution in [1.29, 1.82) is 0 Å². The number of pyridine rings is 1. The smallest absolute Gasteiger partial charge is 0.275 e. The molecule has 3 rings (SSSR count). The summed E-state index contributed by atoms with van der Waals surface area (Å²) in [7, 11) is 0. The summed E-state index contributed by atoms with van der Waals surface area (Å²) in [6, 6.07) is 5.59. The Morgan fingerprint density at radius 3 is 2.75 bits per heavy atom. The Kier molecular flexibility index (Phi) is 1.83. The summed E-state index contributed by atoms with van der Waals surface area (Å²) in [4.78, 5) is 18.0. The lowest BCUT2D eigenvalue weighted by molar-refractivity contribution is 0.889. The molecule has 0 aliphatic carbocycles. The quantitative estimate of drug-likeness (QED) is 0.656. The van der Waals surface area contributed by atoms with Gasteiger partial charge in [-0.05, 0) is 23.8 Å². The maximum absolute atomic E-state index is 11.5. The average molecular weight is 212 g/mol. The van der Waals surface area contributed by atoms with E-state index in [1.165, 1.54) is 6.33 Å². The predicted octanol–water partition coefficient (Wildman–Crippen LogP) is 1.08. The van der Waals surface area contributed by atoms with E-state index in [1.54, 1.807) is 23.0 Å². The van der Waals surface area contributed by atoms with Crippen LogP contribution < -0.4 is 5.56 Å². The van der Waals surface area contributed by atoms with Gasteiger partial charge < -0.3 is 4.98 Å². The molecular weight excluding hydrogens is 204 g/mol. The number of rotatable bonds is 1. The number of fused-ring (bicyclic) bond motifs is 1. The molecule has 16 heavy (non-hydrogen) atoms. The van der Waals surface area contributed by atoms with Crippen LogP contribution in [0.5, 0.6) is 0 Å². The first-order valence-electron chi connectivity index (χ1n) is 4.81. The predicted molar refractivity (Wildman–Crippen MR) is 59.0 cm³/mol. The highest BCUT2D eigenvalue weighted by molar-refractivity contribution is 5.68. The van der Waals surface area contributed by atoms with Gasteiger partial charge in [0.25, 0.3) is 5.56 Å². The van der Waals surface area contributed by atoms with Crippen LogP contribution >= 0.6 is 0 Å². The summed E-state index contributed by atoms with van der Waals surface area (Å²) in [5.41, 5.74) is 2.36. The van der Waals surface area contributed by atoms with Crippen molar-refractivity contribution < 1.29 is 0 Å². The van der Waals surface area contributed by atoms with E-state index in [0.717, 1.165) is 11.1 Å². The molecule has 0 saturated carbocycles. The Hall–Kier alpha value is -2.43. The molecule has 0 aromatic carbocycles. The van der Waals surface area contributed by atoms with Crippen LogP contribution in [0.1, 0.15) is 0 Å². The standard InChI is InChI=1S/C11H8N4O/c16-11-10-5-9(6-15(10)14-7-13-11)8-1-3-12-4-2-8/h1-7H,(H,13,14,16). The highest BCUT2D eigenvalue weighted by Gasteiger charge is 2.04. The summed E-state index contributed by atoms with van der Waals surface area (Å²) < 4.78 is 1.56. The van der Waals surface area contributed by atoms with Gasteiger partial charge in [-0.3, -0.25) is 9.78 Å². The van der Waals surface area contributed by atoms with Gasteiger partial charge in [-0.15, -0.1) is 0 Å². The number of H-pyrrole nitrogens is 1. The summed E-state index contributed by atoms with van der Waals surface area (Å²) >= 11 is 0. The fraction of sp³-hybridized carbons (Fsp3) is 0. The normalized spacial score (nSPS) is 10.8. The Bertz CT molecular complexity index is 684. The van der Waals surface area contributed by atoms with Crippen LogP contribution in [0.15, 0.2) is 47.9 Å². The Labute approximate surface area is 90.4 Å². The molecule has 0 spiro atoms. The van der Waals surface area contributed by atoms with Gasteiger partial charge in [0.1, 0.15) is 11.8 Å². The molecule has 0 atom stereocenters. The highest BCUT2D eigenvalue weighted by atomic mass is 16.1. The average Bonchev–Trinajstić information content (AvgIpc) is 2.76. The van der Waals surface area contributed by atoms with Crippen molar-refractivity contribution in [2.45, 2.75) is 0 Å². The zero-order valence-corrected chi connectivity index (χ0v) is 8.29. The van der Waals surface area contributed by atoms with Gasteiger partial charge >= 0.3 is 0 Å². The topological polar surface area (TPSA) is 63.0 Å². The fourth-order valence-corrected chi connectivity index (χ4v) is 1.64. The zero-order chi connectivity index (χ0) is 11.0. The molecule has 3 aromatic rings. The molecule has 0 unspecified atom stereocenters. The van der Waals surface area contributed by atoms with Crippen molar-refractivity contribution in [3.63, 3.8) is 0 Å². The van der Waals surface area contributed by atoms with E-state index in [-0.39, 0.29) is 5.56 Å². The molecule has 1 N–H and O–H groups in total. The Morgan fingerprint density at radius 2 is 2.00 bits per heavy atom. The minimum atomic E-state index is -0.143. The largest absolute Gasteiger partial charge is 0.310 e. The molecule has 0 bridgehead atoms. The number of hydrogen-bond acceptors (Lipinski definition) is 3. The third-order valence-electron chi connectivity index (χ3n) is 2.42. The van der Waals surface area contributed by atoms with Crippen molar-refractivity contribution in [3.05, 3.63) is 53.5 Å². The monoisotopic (exact) mass is 212 g/mol. The van der Waals surface area contributed by atoms with Gasteiger partial charge in [0.2, 0.25) is 0 Å². The number of aromatic amines is 1. The van der Waals surface area contributed by atoms with Crippen LogP contribution in [-0.4, -0.2) is 19.6 Å². The SMILES string of the molecule is O=c1[nH]cnn2cc(-c3ccncc3)cc12. The van der Waals surface area contributed by atoms with E-state index < -0.39 is 0 Å². The molecule has 78 valence electrons. The lowest BCUT2D eigenvalue weighted by Crippen LogP contribution is -2.09. The lowest BCUT2D eigenvalue weighted by Gasteiger charge is -1.93. The second kappa shape index (κ2) is 3.30. The van der Waals surface area contributed by atoms with Crippen molar-refractivity contribution in [1.82, 2.24) is 19.6 Å². The first-order chi connectivity index (χ1) is 7.84. The lowest BCUT2D eigenvalue weighted by atomic mass is 10.1. The van der Waals surface area contributed by atoms with Crippen molar-refractivity contribution >= 4 is 5.52 Å². The van der Waals surface area contributed by atoms with Crippen LogP contribution in [0, 0.1) is 0 Å².